The molecule has 2 aromatic rings. The lowest BCUT2D eigenvalue weighted by Crippen LogP contribution is -2.28. The number of carbonyl (C=O) groups is 1. The van der Waals surface area contributed by atoms with Crippen molar-refractivity contribution in [1.29, 1.82) is 0 Å². The Bertz CT molecular complexity index is 778. The van der Waals surface area contributed by atoms with Crippen molar-refractivity contribution in [2.75, 3.05) is 13.6 Å². The van der Waals surface area contributed by atoms with Gasteiger partial charge in [0.1, 0.15) is 9.96 Å². The fraction of sp³-hybridized carbons (Fsp3) is 0.353. The Balaban J connectivity index is 1.87. The third-order valence-corrected chi connectivity index (χ3v) is 6.87. The second-order valence-corrected chi connectivity index (χ2v) is 8.78. The van der Waals surface area contributed by atoms with E-state index in [4.69, 9.17) is 4.74 Å². The number of hydrogen-bond donors (Lipinski definition) is 0. The van der Waals surface area contributed by atoms with E-state index in [1.807, 2.05) is 32.0 Å². The number of thiophene rings is 1. The van der Waals surface area contributed by atoms with E-state index in [9.17, 15) is 13.2 Å². The fourth-order valence-corrected chi connectivity index (χ4v) is 4.67. The molecular weight excluding hydrogens is 346 g/mol. The molecule has 24 heavy (non-hydrogen) atoms. The molecule has 0 spiro atoms. The number of carbonyl (C=O) groups excluding carboxylic acids is 1. The summed E-state index contributed by atoms with van der Waals surface area (Å²) in [5.41, 5.74) is 1.81. The van der Waals surface area contributed by atoms with Crippen LogP contribution in [0.15, 0.2) is 39.9 Å². The first-order valence-corrected chi connectivity index (χ1v) is 9.91. The Labute approximate surface area is 146 Å². The van der Waals surface area contributed by atoms with Gasteiger partial charge in [-0.1, -0.05) is 24.3 Å². The molecule has 130 valence electrons. The average Bonchev–Trinajstić information content (AvgIpc) is 3.06. The number of benzene rings is 1. The third-order valence-electron chi connectivity index (χ3n) is 3.64. The van der Waals surface area contributed by atoms with E-state index in [2.05, 4.69) is 0 Å². The van der Waals surface area contributed by atoms with Crippen molar-refractivity contribution >= 4 is 27.3 Å². The fourth-order valence-electron chi connectivity index (χ4n) is 2.26. The summed E-state index contributed by atoms with van der Waals surface area (Å²) in [6, 6.07) is 8.96. The van der Waals surface area contributed by atoms with Crippen LogP contribution in [0.4, 0.5) is 0 Å². The number of rotatable bonds is 7. The van der Waals surface area contributed by atoms with Crippen molar-refractivity contribution in [3.63, 3.8) is 0 Å². The minimum Gasteiger partial charge on any atom is -0.426 e. The van der Waals surface area contributed by atoms with Gasteiger partial charge in [-0.3, -0.25) is 4.79 Å². The number of para-hydroxylation sites is 1. The highest BCUT2D eigenvalue weighted by Crippen LogP contribution is 2.23. The molecule has 0 N–H and O–H groups in total. The van der Waals surface area contributed by atoms with Crippen LogP contribution in [0.2, 0.25) is 0 Å². The molecule has 0 atom stereocenters. The van der Waals surface area contributed by atoms with Gasteiger partial charge in [-0.2, -0.15) is 0 Å². The molecule has 5 nitrogen and oxygen atoms in total. The first kappa shape index (κ1) is 18.6. The van der Waals surface area contributed by atoms with Crippen molar-refractivity contribution in [2.45, 2.75) is 30.9 Å². The Morgan fingerprint density at radius 2 is 1.83 bits per heavy atom. The molecule has 0 radical (unpaired) electrons. The van der Waals surface area contributed by atoms with Gasteiger partial charge in [0.05, 0.1) is 0 Å². The van der Waals surface area contributed by atoms with Crippen LogP contribution < -0.4 is 4.74 Å². The van der Waals surface area contributed by atoms with E-state index < -0.39 is 10.0 Å². The van der Waals surface area contributed by atoms with Crippen LogP contribution in [0.3, 0.4) is 0 Å². The summed E-state index contributed by atoms with van der Waals surface area (Å²) in [6.45, 7) is 4.04. The quantitative estimate of drug-likeness (QED) is 0.556. The molecule has 0 fully saturated rings. The number of nitrogens with zero attached hydrogens (tertiary/aromatic N) is 1. The Kier molecular flexibility index (Phi) is 6.15. The van der Waals surface area contributed by atoms with Gasteiger partial charge in [0.2, 0.25) is 0 Å². The Morgan fingerprint density at radius 1 is 1.17 bits per heavy atom. The molecular formula is C17H21NO4S2. The summed E-state index contributed by atoms with van der Waals surface area (Å²) in [6.07, 6.45) is 0.572. The second kappa shape index (κ2) is 7.92. The molecule has 0 aliphatic carbocycles. The lowest BCUT2D eigenvalue weighted by Gasteiger charge is -2.16. The van der Waals surface area contributed by atoms with Crippen molar-refractivity contribution in [3.05, 3.63) is 46.8 Å². The van der Waals surface area contributed by atoms with Gasteiger partial charge in [0.15, 0.2) is 0 Å². The van der Waals surface area contributed by atoms with Gasteiger partial charge in [0.25, 0.3) is 10.0 Å². The highest BCUT2D eigenvalue weighted by Gasteiger charge is 2.21. The average molecular weight is 367 g/mol. The normalized spacial score (nSPS) is 11.7. The first-order chi connectivity index (χ1) is 11.3. The lowest BCUT2D eigenvalue weighted by atomic mass is 10.1. The number of aryl methyl sites for hydroxylation is 2. The molecule has 0 saturated heterocycles. The zero-order chi connectivity index (χ0) is 17.7. The predicted octanol–water partition coefficient (Wildman–Crippen LogP) is 3.37. The summed E-state index contributed by atoms with van der Waals surface area (Å²) in [5.74, 6) is 0.233. The molecule has 0 aliphatic rings. The van der Waals surface area contributed by atoms with Crippen molar-refractivity contribution in [2.24, 2.45) is 0 Å². The summed E-state index contributed by atoms with van der Waals surface area (Å²) >= 11 is 1.18. The monoisotopic (exact) mass is 367 g/mol. The maximum Gasteiger partial charge on any atom is 0.311 e. The number of hydrogen-bond acceptors (Lipinski definition) is 5. The van der Waals surface area contributed by atoms with E-state index >= 15 is 0 Å². The molecule has 1 aromatic carbocycles. The lowest BCUT2D eigenvalue weighted by molar-refractivity contribution is -0.134. The molecule has 0 unspecified atom stereocenters. The van der Waals surface area contributed by atoms with Crippen LogP contribution in [0.1, 0.15) is 24.0 Å². The van der Waals surface area contributed by atoms with E-state index in [0.717, 1.165) is 11.1 Å². The van der Waals surface area contributed by atoms with Crippen molar-refractivity contribution < 1.29 is 17.9 Å². The standard InChI is InChI=1S/C17H21NO4S2/c1-13-7-4-8-14(2)17(13)22-15(19)9-5-11-18(3)24(20,21)16-10-6-12-23-16/h4,6-8,10,12H,5,9,11H2,1-3H3. The second-order valence-electron chi connectivity index (χ2n) is 5.56. The Hall–Kier alpha value is -1.70. The summed E-state index contributed by atoms with van der Waals surface area (Å²) in [4.78, 5) is 12.0. The van der Waals surface area contributed by atoms with E-state index in [0.29, 0.717) is 16.4 Å². The maximum absolute atomic E-state index is 12.3. The summed E-state index contributed by atoms with van der Waals surface area (Å²) in [7, 11) is -1.95. The molecule has 0 aliphatic heterocycles. The molecule has 1 heterocycles. The maximum atomic E-state index is 12.3. The third kappa shape index (κ3) is 4.43. The van der Waals surface area contributed by atoms with E-state index in [1.54, 1.807) is 17.5 Å². The van der Waals surface area contributed by atoms with Gasteiger partial charge in [-0.25, -0.2) is 12.7 Å². The zero-order valence-electron chi connectivity index (χ0n) is 14.0. The van der Waals surface area contributed by atoms with Gasteiger partial charge in [-0.15, -0.1) is 11.3 Å². The van der Waals surface area contributed by atoms with Crippen molar-refractivity contribution in [1.82, 2.24) is 4.31 Å². The minimum atomic E-state index is -3.47. The van der Waals surface area contributed by atoms with Crippen LogP contribution in [0.25, 0.3) is 0 Å². The SMILES string of the molecule is Cc1cccc(C)c1OC(=O)CCCN(C)S(=O)(=O)c1cccs1. The smallest absolute Gasteiger partial charge is 0.311 e. The highest BCUT2D eigenvalue weighted by atomic mass is 32.2. The summed E-state index contributed by atoms with van der Waals surface area (Å²) < 4.78 is 31.5. The van der Waals surface area contributed by atoms with Crippen LogP contribution in [0.5, 0.6) is 5.75 Å². The largest absolute Gasteiger partial charge is 0.426 e. The van der Waals surface area contributed by atoms with Crippen molar-refractivity contribution in [3.8, 4) is 5.75 Å². The summed E-state index contributed by atoms with van der Waals surface area (Å²) in [5, 5.41) is 1.72. The van der Waals surface area contributed by atoms with Crippen LogP contribution >= 0.6 is 11.3 Å². The molecule has 0 amide bonds. The van der Waals surface area contributed by atoms with E-state index in [1.165, 1.54) is 22.7 Å². The highest BCUT2D eigenvalue weighted by molar-refractivity contribution is 7.91. The Morgan fingerprint density at radius 3 is 2.42 bits per heavy atom. The topological polar surface area (TPSA) is 63.7 Å². The number of esters is 1. The molecule has 1 aromatic heterocycles. The molecule has 2 rings (SSSR count). The number of sulfonamides is 1. The minimum absolute atomic E-state index is 0.165. The first-order valence-electron chi connectivity index (χ1n) is 7.59. The molecule has 7 heteroatoms. The number of ether oxygens (including phenoxy) is 1. The van der Waals surface area contributed by atoms with E-state index in [-0.39, 0.29) is 18.9 Å². The van der Waals surface area contributed by atoms with Gasteiger partial charge < -0.3 is 4.74 Å². The van der Waals surface area contributed by atoms with Gasteiger partial charge in [-0.05, 0) is 42.8 Å². The van der Waals surface area contributed by atoms with Gasteiger partial charge >= 0.3 is 5.97 Å². The molecule has 0 bridgehead atoms. The van der Waals surface area contributed by atoms with Crippen LogP contribution in [-0.4, -0.2) is 32.3 Å². The molecule has 0 saturated carbocycles. The van der Waals surface area contributed by atoms with Crippen LogP contribution in [0, 0.1) is 13.8 Å². The van der Waals surface area contributed by atoms with Crippen LogP contribution in [-0.2, 0) is 14.8 Å². The van der Waals surface area contributed by atoms with Gasteiger partial charge in [0, 0.05) is 20.0 Å². The zero-order valence-corrected chi connectivity index (χ0v) is 15.6. The predicted molar refractivity (Wildman–Crippen MR) is 94.9 cm³/mol.